The van der Waals surface area contributed by atoms with Crippen LogP contribution in [0.4, 0.5) is 22.0 Å². The third-order valence-corrected chi connectivity index (χ3v) is 2.31. The second kappa shape index (κ2) is 5.44. The van der Waals surface area contributed by atoms with E-state index in [1.165, 1.54) is 18.2 Å². The summed E-state index contributed by atoms with van der Waals surface area (Å²) in [6, 6.07) is 3.92. The van der Waals surface area contributed by atoms with Gasteiger partial charge in [-0.25, -0.2) is 13.2 Å². The molecular weight excluding hydrogens is 241 g/mol. The molecule has 0 heterocycles. The van der Waals surface area contributed by atoms with Crippen LogP contribution in [0.15, 0.2) is 18.2 Å². The fourth-order valence-corrected chi connectivity index (χ4v) is 1.27. The lowest BCUT2D eigenvalue weighted by atomic mass is 10.1. The first-order chi connectivity index (χ1) is 7.83. The van der Waals surface area contributed by atoms with E-state index in [-0.39, 0.29) is 6.54 Å². The van der Waals surface area contributed by atoms with Gasteiger partial charge in [0.2, 0.25) is 0 Å². The van der Waals surface area contributed by atoms with Gasteiger partial charge in [0.1, 0.15) is 5.82 Å². The first kappa shape index (κ1) is 13.9. The van der Waals surface area contributed by atoms with Crippen molar-refractivity contribution in [2.75, 3.05) is 6.54 Å². The Balaban J connectivity index is 2.54. The third-order valence-electron chi connectivity index (χ3n) is 2.31. The molecular formula is C11H12F5N. The predicted molar refractivity (Wildman–Crippen MR) is 53.8 cm³/mol. The SMILES string of the molecule is Cc1ccc(F)cc1CNCC(F)(F)C(F)F. The molecule has 0 atom stereocenters. The second-order valence-electron chi connectivity index (χ2n) is 3.74. The van der Waals surface area contributed by atoms with Gasteiger partial charge in [-0.2, -0.15) is 8.78 Å². The van der Waals surface area contributed by atoms with E-state index in [4.69, 9.17) is 0 Å². The van der Waals surface area contributed by atoms with Crippen LogP contribution < -0.4 is 5.32 Å². The normalized spacial score (nSPS) is 12.2. The van der Waals surface area contributed by atoms with Crippen LogP contribution in [0, 0.1) is 12.7 Å². The highest BCUT2D eigenvalue weighted by Gasteiger charge is 2.39. The number of alkyl halides is 4. The zero-order chi connectivity index (χ0) is 13.1. The summed E-state index contributed by atoms with van der Waals surface area (Å²) in [6.07, 6.45) is -3.70. The molecule has 0 saturated heterocycles. The van der Waals surface area contributed by atoms with Crippen LogP contribution in [0.2, 0.25) is 0 Å². The fourth-order valence-electron chi connectivity index (χ4n) is 1.27. The predicted octanol–water partition coefficient (Wildman–Crippen LogP) is 3.12. The van der Waals surface area contributed by atoms with Crippen LogP contribution >= 0.6 is 0 Å². The maximum absolute atomic E-state index is 12.8. The Morgan fingerprint density at radius 3 is 2.53 bits per heavy atom. The molecule has 1 aromatic carbocycles. The second-order valence-corrected chi connectivity index (χ2v) is 3.74. The van der Waals surface area contributed by atoms with Gasteiger partial charge < -0.3 is 5.32 Å². The Morgan fingerprint density at radius 1 is 1.29 bits per heavy atom. The number of rotatable bonds is 5. The van der Waals surface area contributed by atoms with Gasteiger partial charge in [0.05, 0.1) is 6.54 Å². The molecule has 1 nitrogen and oxygen atoms in total. The van der Waals surface area contributed by atoms with Crippen LogP contribution in [0.5, 0.6) is 0 Å². The molecule has 0 unspecified atom stereocenters. The van der Waals surface area contributed by atoms with Crippen LogP contribution in [0.1, 0.15) is 11.1 Å². The number of aryl methyl sites for hydroxylation is 1. The highest BCUT2D eigenvalue weighted by molar-refractivity contribution is 5.26. The Morgan fingerprint density at radius 2 is 1.94 bits per heavy atom. The fraction of sp³-hybridized carbons (Fsp3) is 0.455. The first-order valence-electron chi connectivity index (χ1n) is 4.94. The van der Waals surface area contributed by atoms with Crippen molar-refractivity contribution in [3.05, 3.63) is 35.1 Å². The smallest absolute Gasteiger partial charge is 0.307 e. The van der Waals surface area contributed by atoms with Gasteiger partial charge in [0, 0.05) is 6.54 Å². The molecule has 1 aromatic rings. The largest absolute Gasteiger partial charge is 0.319 e. The molecule has 0 amide bonds. The zero-order valence-electron chi connectivity index (χ0n) is 9.11. The molecule has 0 saturated carbocycles. The summed E-state index contributed by atoms with van der Waals surface area (Å²) in [5, 5.41) is 2.19. The van der Waals surface area contributed by atoms with Crippen molar-refractivity contribution in [2.24, 2.45) is 0 Å². The molecule has 0 fully saturated rings. The van der Waals surface area contributed by atoms with Gasteiger partial charge in [0.15, 0.2) is 0 Å². The van der Waals surface area contributed by atoms with Gasteiger partial charge in [-0.15, -0.1) is 0 Å². The lowest BCUT2D eigenvalue weighted by Crippen LogP contribution is -2.38. The Bertz CT molecular complexity index is 378. The van der Waals surface area contributed by atoms with E-state index in [1.807, 2.05) is 0 Å². The number of hydrogen-bond donors (Lipinski definition) is 1. The van der Waals surface area contributed by atoms with Crippen molar-refractivity contribution in [2.45, 2.75) is 25.8 Å². The van der Waals surface area contributed by atoms with Crippen molar-refractivity contribution in [1.82, 2.24) is 5.32 Å². The number of benzene rings is 1. The van der Waals surface area contributed by atoms with E-state index in [0.29, 0.717) is 11.1 Å². The van der Waals surface area contributed by atoms with E-state index in [2.05, 4.69) is 5.32 Å². The van der Waals surface area contributed by atoms with Crippen molar-refractivity contribution >= 4 is 0 Å². The molecule has 96 valence electrons. The molecule has 1 rings (SSSR count). The summed E-state index contributed by atoms with van der Waals surface area (Å²) in [4.78, 5) is 0. The average molecular weight is 253 g/mol. The van der Waals surface area contributed by atoms with Gasteiger partial charge in [0.25, 0.3) is 0 Å². The van der Waals surface area contributed by atoms with Crippen molar-refractivity contribution < 1.29 is 22.0 Å². The van der Waals surface area contributed by atoms with Gasteiger partial charge in [-0.05, 0) is 30.2 Å². The minimum atomic E-state index is -4.07. The summed E-state index contributed by atoms with van der Waals surface area (Å²) in [6.45, 7) is 0.466. The quantitative estimate of drug-likeness (QED) is 0.795. The minimum absolute atomic E-state index is 0.0775. The lowest BCUT2D eigenvalue weighted by molar-refractivity contribution is -0.125. The van der Waals surface area contributed by atoms with E-state index in [1.54, 1.807) is 6.92 Å². The van der Waals surface area contributed by atoms with Crippen LogP contribution in [-0.2, 0) is 6.54 Å². The van der Waals surface area contributed by atoms with Crippen LogP contribution in [-0.4, -0.2) is 18.9 Å². The highest BCUT2D eigenvalue weighted by atomic mass is 19.3. The molecule has 0 spiro atoms. The summed E-state index contributed by atoms with van der Waals surface area (Å²) < 4.78 is 61.6. The van der Waals surface area contributed by atoms with Gasteiger partial charge >= 0.3 is 12.3 Å². The lowest BCUT2D eigenvalue weighted by Gasteiger charge is -2.16. The Kier molecular flexibility index (Phi) is 4.45. The van der Waals surface area contributed by atoms with E-state index >= 15 is 0 Å². The summed E-state index contributed by atoms with van der Waals surface area (Å²) in [5.41, 5.74) is 1.18. The summed E-state index contributed by atoms with van der Waals surface area (Å²) >= 11 is 0. The average Bonchev–Trinajstić information content (AvgIpc) is 2.22. The van der Waals surface area contributed by atoms with Crippen molar-refractivity contribution in [1.29, 1.82) is 0 Å². The van der Waals surface area contributed by atoms with E-state index in [9.17, 15) is 22.0 Å². The molecule has 0 aliphatic carbocycles. The van der Waals surface area contributed by atoms with Crippen molar-refractivity contribution in [3.63, 3.8) is 0 Å². The molecule has 17 heavy (non-hydrogen) atoms. The molecule has 0 bridgehead atoms. The monoisotopic (exact) mass is 253 g/mol. The van der Waals surface area contributed by atoms with Crippen LogP contribution in [0.3, 0.4) is 0 Å². The molecule has 1 N–H and O–H groups in total. The maximum atomic E-state index is 12.8. The molecule has 0 aliphatic rings. The molecule has 0 radical (unpaired) electrons. The zero-order valence-corrected chi connectivity index (χ0v) is 9.11. The molecule has 6 heteroatoms. The first-order valence-corrected chi connectivity index (χ1v) is 4.94. The van der Waals surface area contributed by atoms with Gasteiger partial charge in [-0.3, -0.25) is 0 Å². The standard InChI is InChI=1S/C11H12F5N/c1-7-2-3-9(12)4-8(7)5-17-6-11(15,16)10(13)14/h2-4,10,17H,5-6H2,1H3. The molecule has 0 aromatic heterocycles. The number of nitrogens with one attached hydrogen (secondary N) is 1. The number of halogens is 5. The summed E-state index contributed by atoms with van der Waals surface area (Å²) in [7, 11) is 0. The highest BCUT2D eigenvalue weighted by Crippen LogP contribution is 2.21. The summed E-state index contributed by atoms with van der Waals surface area (Å²) in [5.74, 6) is -4.56. The van der Waals surface area contributed by atoms with Crippen molar-refractivity contribution in [3.8, 4) is 0 Å². The minimum Gasteiger partial charge on any atom is -0.307 e. The Hall–Kier alpha value is -1.17. The van der Waals surface area contributed by atoms with Crippen LogP contribution in [0.25, 0.3) is 0 Å². The van der Waals surface area contributed by atoms with Gasteiger partial charge in [-0.1, -0.05) is 6.07 Å². The topological polar surface area (TPSA) is 12.0 Å². The number of hydrogen-bond acceptors (Lipinski definition) is 1. The molecule has 0 aliphatic heterocycles. The van der Waals surface area contributed by atoms with E-state index in [0.717, 1.165) is 0 Å². The van der Waals surface area contributed by atoms with E-state index < -0.39 is 24.7 Å². The maximum Gasteiger partial charge on any atom is 0.319 e. The Labute approximate surface area is 95.6 Å². The third kappa shape index (κ3) is 3.96.